The summed E-state index contributed by atoms with van der Waals surface area (Å²) < 4.78 is 14.3. The molecule has 0 amide bonds. The van der Waals surface area contributed by atoms with E-state index in [0.29, 0.717) is 27.5 Å². The van der Waals surface area contributed by atoms with Crippen LogP contribution in [0.15, 0.2) is 53.5 Å². The van der Waals surface area contributed by atoms with Gasteiger partial charge in [-0.15, -0.1) is 0 Å². The standard InChI is InChI=1S/C17H10FN3O3/c18-10-2-4-11(5-3-10)21-16(22)13-8-19-14-6-1-9(17(23)24)7-12(14)15(13)20-21/h1-8,20H,(H,23,24). The van der Waals surface area contributed by atoms with E-state index in [-0.39, 0.29) is 11.1 Å². The number of hydrogen-bond acceptors (Lipinski definition) is 3. The van der Waals surface area contributed by atoms with Crippen LogP contribution in [0.4, 0.5) is 4.39 Å². The Morgan fingerprint density at radius 1 is 1.12 bits per heavy atom. The first-order chi connectivity index (χ1) is 11.5. The van der Waals surface area contributed by atoms with Crippen molar-refractivity contribution in [3.8, 4) is 5.69 Å². The Kier molecular flexibility index (Phi) is 2.96. The van der Waals surface area contributed by atoms with E-state index in [1.54, 1.807) is 6.07 Å². The molecular weight excluding hydrogens is 313 g/mol. The minimum Gasteiger partial charge on any atom is -0.478 e. The highest BCUT2D eigenvalue weighted by molar-refractivity contribution is 6.05. The zero-order chi connectivity index (χ0) is 16.8. The van der Waals surface area contributed by atoms with Crippen LogP contribution in [0.2, 0.25) is 0 Å². The van der Waals surface area contributed by atoms with E-state index in [9.17, 15) is 14.0 Å². The van der Waals surface area contributed by atoms with Gasteiger partial charge in [0.1, 0.15) is 5.82 Å². The molecule has 0 atom stereocenters. The van der Waals surface area contributed by atoms with Gasteiger partial charge in [-0.1, -0.05) is 0 Å². The molecule has 0 aliphatic heterocycles. The van der Waals surface area contributed by atoms with Crippen LogP contribution in [0.5, 0.6) is 0 Å². The molecule has 2 N–H and O–H groups in total. The number of carbonyl (C=O) groups is 1. The minimum atomic E-state index is -1.06. The number of H-pyrrole nitrogens is 1. The molecule has 118 valence electrons. The Bertz CT molecular complexity index is 1160. The number of halogens is 1. The van der Waals surface area contributed by atoms with Crippen LogP contribution in [0, 0.1) is 5.82 Å². The van der Waals surface area contributed by atoms with Crippen LogP contribution < -0.4 is 5.56 Å². The lowest BCUT2D eigenvalue weighted by Crippen LogP contribution is -2.14. The summed E-state index contributed by atoms with van der Waals surface area (Å²) >= 11 is 0. The van der Waals surface area contributed by atoms with Crippen molar-refractivity contribution in [2.75, 3.05) is 0 Å². The number of carboxylic acids is 1. The van der Waals surface area contributed by atoms with Crippen LogP contribution in [-0.4, -0.2) is 25.8 Å². The number of aromatic carboxylic acids is 1. The van der Waals surface area contributed by atoms with Crippen molar-refractivity contribution >= 4 is 27.8 Å². The summed E-state index contributed by atoms with van der Waals surface area (Å²) in [7, 11) is 0. The van der Waals surface area contributed by atoms with Crippen molar-refractivity contribution in [2.45, 2.75) is 0 Å². The van der Waals surface area contributed by atoms with Crippen LogP contribution in [0.3, 0.4) is 0 Å². The SMILES string of the molecule is O=C(O)c1ccc2ncc3c(=O)n(-c4ccc(F)cc4)[nH]c3c2c1. The average molecular weight is 323 g/mol. The molecule has 7 heteroatoms. The molecule has 0 radical (unpaired) electrons. The molecular formula is C17H10FN3O3. The lowest BCUT2D eigenvalue weighted by Gasteiger charge is -2.01. The van der Waals surface area contributed by atoms with Crippen LogP contribution in [0.1, 0.15) is 10.4 Å². The van der Waals surface area contributed by atoms with Gasteiger partial charge in [0.25, 0.3) is 5.56 Å². The molecule has 2 aromatic carbocycles. The number of rotatable bonds is 2. The van der Waals surface area contributed by atoms with Gasteiger partial charge in [-0.2, -0.15) is 0 Å². The lowest BCUT2D eigenvalue weighted by molar-refractivity contribution is 0.0697. The summed E-state index contributed by atoms with van der Waals surface area (Å²) in [6.07, 6.45) is 1.44. The van der Waals surface area contributed by atoms with Gasteiger partial charge in [-0.05, 0) is 42.5 Å². The van der Waals surface area contributed by atoms with Gasteiger partial charge < -0.3 is 5.11 Å². The van der Waals surface area contributed by atoms with Crippen LogP contribution >= 0.6 is 0 Å². The summed E-state index contributed by atoms with van der Waals surface area (Å²) in [6.45, 7) is 0. The van der Waals surface area contributed by atoms with Crippen LogP contribution in [-0.2, 0) is 0 Å². The third-order valence-electron chi connectivity index (χ3n) is 3.86. The predicted octanol–water partition coefficient (Wildman–Crippen LogP) is 2.70. The first-order valence-electron chi connectivity index (χ1n) is 7.07. The second-order valence-corrected chi connectivity index (χ2v) is 5.31. The maximum atomic E-state index is 13.1. The van der Waals surface area contributed by atoms with Crippen molar-refractivity contribution in [1.29, 1.82) is 0 Å². The Hall–Kier alpha value is -3.48. The molecule has 0 aliphatic carbocycles. The van der Waals surface area contributed by atoms with Crippen molar-refractivity contribution in [1.82, 2.24) is 14.8 Å². The van der Waals surface area contributed by atoms with E-state index >= 15 is 0 Å². The summed E-state index contributed by atoms with van der Waals surface area (Å²) in [5.41, 5.74) is 1.29. The summed E-state index contributed by atoms with van der Waals surface area (Å²) in [5.74, 6) is -1.46. The van der Waals surface area contributed by atoms with Gasteiger partial charge in [0, 0.05) is 11.6 Å². The molecule has 4 aromatic rings. The van der Waals surface area contributed by atoms with Gasteiger partial charge >= 0.3 is 5.97 Å². The molecule has 2 heterocycles. The van der Waals surface area contributed by atoms with Crippen molar-refractivity contribution in [2.24, 2.45) is 0 Å². The van der Waals surface area contributed by atoms with E-state index in [4.69, 9.17) is 5.11 Å². The fourth-order valence-electron chi connectivity index (χ4n) is 2.66. The number of aromatic amines is 1. The largest absolute Gasteiger partial charge is 0.478 e. The van der Waals surface area contributed by atoms with Gasteiger partial charge in [-0.25, -0.2) is 13.9 Å². The van der Waals surface area contributed by atoms with Crippen molar-refractivity contribution in [3.63, 3.8) is 0 Å². The number of aromatic nitrogens is 3. The maximum Gasteiger partial charge on any atom is 0.335 e. The third kappa shape index (κ3) is 2.06. The molecule has 6 nitrogen and oxygen atoms in total. The third-order valence-corrected chi connectivity index (χ3v) is 3.86. The summed E-state index contributed by atoms with van der Waals surface area (Å²) in [4.78, 5) is 27.9. The monoisotopic (exact) mass is 323 g/mol. The quantitative estimate of drug-likeness (QED) is 0.594. The second kappa shape index (κ2) is 5.02. The zero-order valence-corrected chi connectivity index (χ0v) is 12.2. The number of fused-ring (bicyclic) bond motifs is 3. The molecule has 0 bridgehead atoms. The highest BCUT2D eigenvalue weighted by atomic mass is 19.1. The first kappa shape index (κ1) is 14.1. The fourth-order valence-corrected chi connectivity index (χ4v) is 2.66. The topological polar surface area (TPSA) is 88.0 Å². The molecule has 2 aromatic heterocycles. The van der Waals surface area contributed by atoms with Gasteiger partial charge in [-0.3, -0.25) is 14.9 Å². The maximum absolute atomic E-state index is 13.1. The predicted molar refractivity (Wildman–Crippen MR) is 86.1 cm³/mol. The van der Waals surface area contributed by atoms with Gasteiger partial charge in [0.2, 0.25) is 0 Å². The van der Waals surface area contributed by atoms with E-state index in [0.717, 1.165) is 0 Å². The lowest BCUT2D eigenvalue weighted by atomic mass is 10.1. The van der Waals surface area contributed by atoms with Crippen molar-refractivity contribution < 1.29 is 14.3 Å². The van der Waals surface area contributed by atoms with Gasteiger partial charge in [0.15, 0.2) is 0 Å². The van der Waals surface area contributed by atoms with E-state index < -0.39 is 11.8 Å². The molecule has 0 saturated carbocycles. The number of hydrogen-bond donors (Lipinski definition) is 2. The zero-order valence-electron chi connectivity index (χ0n) is 12.2. The van der Waals surface area contributed by atoms with E-state index in [1.807, 2.05) is 0 Å². The highest BCUT2D eigenvalue weighted by Crippen LogP contribution is 2.22. The van der Waals surface area contributed by atoms with E-state index in [2.05, 4.69) is 10.1 Å². The first-order valence-corrected chi connectivity index (χ1v) is 7.07. The van der Waals surface area contributed by atoms with E-state index in [1.165, 1.54) is 47.3 Å². The summed E-state index contributed by atoms with van der Waals surface area (Å²) in [5, 5.41) is 13.0. The number of nitrogens with one attached hydrogen (secondary N) is 1. The molecule has 0 fully saturated rings. The van der Waals surface area contributed by atoms with Crippen LogP contribution in [0.25, 0.3) is 27.5 Å². The number of nitrogens with zero attached hydrogens (tertiary/aromatic N) is 2. The number of benzene rings is 2. The Labute approximate surface area is 133 Å². The Morgan fingerprint density at radius 3 is 2.58 bits per heavy atom. The fraction of sp³-hybridized carbons (Fsp3) is 0. The molecule has 4 rings (SSSR count). The molecule has 24 heavy (non-hydrogen) atoms. The Balaban J connectivity index is 2.05. The number of pyridine rings is 1. The second-order valence-electron chi connectivity index (χ2n) is 5.31. The molecule has 0 unspecified atom stereocenters. The van der Waals surface area contributed by atoms with Gasteiger partial charge in [0.05, 0.1) is 27.7 Å². The molecule has 0 spiro atoms. The number of carboxylic acid groups (broad SMARTS) is 1. The minimum absolute atomic E-state index is 0.104. The average Bonchev–Trinajstić information content (AvgIpc) is 2.92. The molecule has 0 saturated heterocycles. The Morgan fingerprint density at radius 2 is 1.88 bits per heavy atom. The summed E-state index contributed by atoms with van der Waals surface area (Å²) in [6, 6.07) is 9.98. The normalized spacial score (nSPS) is 11.2. The smallest absolute Gasteiger partial charge is 0.335 e. The molecule has 0 aliphatic rings. The van der Waals surface area contributed by atoms with Crippen molar-refractivity contribution in [3.05, 3.63) is 70.4 Å². The highest BCUT2D eigenvalue weighted by Gasteiger charge is 2.13.